The summed E-state index contributed by atoms with van der Waals surface area (Å²) in [6, 6.07) is 16.8. The number of benzene rings is 2. The minimum Gasteiger partial charge on any atom is -0.494 e. The van der Waals surface area contributed by atoms with Gasteiger partial charge in [0.1, 0.15) is 23.8 Å². The minimum atomic E-state index is -0.940. The Bertz CT molecular complexity index is 1320. The largest absolute Gasteiger partial charge is 0.494 e. The molecule has 0 saturated heterocycles. The monoisotopic (exact) mass is 500 g/mol. The number of carbonyl (C=O) groups excluding carboxylic acids is 2. The Morgan fingerprint density at radius 2 is 1.89 bits per heavy atom. The molecule has 37 heavy (non-hydrogen) atoms. The predicted octanol–water partition coefficient (Wildman–Crippen LogP) is 4.10. The maximum atomic E-state index is 13.9. The molecule has 10 heteroatoms. The van der Waals surface area contributed by atoms with Crippen molar-refractivity contribution in [1.29, 1.82) is 0 Å². The van der Waals surface area contributed by atoms with E-state index < -0.39 is 11.9 Å². The number of furan rings is 1. The fourth-order valence-electron chi connectivity index (χ4n) is 4.76. The highest BCUT2D eigenvalue weighted by atomic mass is 16.5. The van der Waals surface area contributed by atoms with Crippen LogP contribution in [0, 0.1) is 0 Å². The van der Waals surface area contributed by atoms with Crippen LogP contribution in [-0.2, 0) is 4.79 Å². The fraction of sp³-hybridized carbons (Fsp3) is 0.296. The first kappa shape index (κ1) is 24.2. The van der Waals surface area contributed by atoms with Gasteiger partial charge in [-0.1, -0.05) is 49.6 Å². The number of ether oxygens (including phenoxy) is 1. The van der Waals surface area contributed by atoms with Crippen molar-refractivity contribution in [1.82, 2.24) is 25.5 Å². The molecule has 1 aliphatic carbocycles. The molecule has 2 aromatic carbocycles. The van der Waals surface area contributed by atoms with Gasteiger partial charge in [-0.05, 0) is 53.1 Å². The van der Waals surface area contributed by atoms with E-state index in [1.165, 1.54) is 35.7 Å². The Kier molecular flexibility index (Phi) is 7.25. The zero-order valence-corrected chi connectivity index (χ0v) is 20.5. The van der Waals surface area contributed by atoms with Gasteiger partial charge in [0.05, 0.1) is 13.4 Å². The number of methoxy groups -OCH3 is 1. The maximum Gasteiger partial charge on any atom is 0.294 e. The minimum absolute atomic E-state index is 0.0738. The average Bonchev–Trinajstić information content (AvgIpc) is 3.67. The van der Waals surface area contributed by atoms with Crippen molar-refractivity contribution < 1.29 is 18.7 Å². The summed E-state index contributed by atoms with van der Waals surface area (Å²) in [7, 11) is 1.52. The van der Waals surface area contributed by atoms with Crippen LogP contribution in [0.25, 0.3) is 5.69 Å². The molecule has 1 fully saturated rings. The average molecular weight is 501 g/mol. The maximum absolute atomic E-state index is 13.9. The quantitative estimate of drug-likeness (QED) is 0.387. The molecule has 0 spiro atoms. The third kappa shape index (κ3) is 5.23. The molecular formula is C27H28N6O4. The van der Waals surface area contributed by atoms with Gasteiger partial charge in [0, 0.05) is 17.8 Å². The van der Waals surface area contributed by atoms with E-state index in [0.717, 1.165) is 25.7 Å². The summed E-state index contributed by atoms with van der Waals surface area (Å²) in [6.07, 6.45) is 8.06. The van der Waals surface area contributed by atoms with Gasteiger partial charge >= 0.3 is 0 Å². The number of rotatable bonds is 8. The van der Waals surface area contributed by atoms with Crippen molar-refractivity contribution >= 4 is 17.5 Å². The van der Waals surface area contributed by atoms with E-state index in [4.69, 9.17) is 9.15 Å². The Morgan fingerprint density at radius 3 is 2.57 bits per heavy atom. The molecule has 10 nitrogen and oxygen atoms in total. The second kappa shape index (κ2) is 11.1. The fourth-order valence-corrected chi connectivity index (χ4v) is 4.76. The molecule has 1 saturated carbocycles. The number of carbonyl (C=O) groups is 2. The van der Waals surface area contributed by atoms with Crippen LogP contribution in [-0.4, -0.2) is 45.2 Å². The molecule has 2 heterocycles. The number of nitrogens with one attached hydrogen (secondary N) is 1. The number of tetrazole rings is 1. The first-order chi connectivity index (χ1) is 18.2. The van der Waals surface area contributed by atoms with Crippen molar-refractivity contribution in [2.24, 2.45) is 0 Å². The molecule has 5 rings (SSSR count). The molecule has 1 aliphatic rings. The number of hydrogen-bond donors (Lipinski definition) is 1. The van der Waals surface area contributed by atoms with Crippen molar-refractivity contribution in [2.45, 2.75) is 44.2 Å². The molecule has 190 valence electrons. The van der Waals surface area contributed by atoms with E-state index >= 15 is 0 Å². The lowest BCUT2D eigenvalue weighted by Gasteiger charge is -2.33. The SMILES string of the molecule is COc1cc(N(C(=O)c2ccco2)[C@@H](C(=O)NC2CCCCC2)c2ccccc2)ccc1-n1cnnn1. The van der Waals surface area contributed by atoms with Crippen LogP contribution < -0.4 is 15.0 Å². The second-order valence-electron chi connectivity index (χ2n) is 8.92. The molecule has 2 amide bonds. The number of nitrogens with zero attached hydrogens (tertiary/aromatic N) is 5. The van der Waals surface area contributed by atoms with Crippen molar-refractivity contribution in [3.05, 3.63) is 84.6 Å². The van der Waals surface area contributed by atoms with Gasteiger partial charge in [-0.25, -0.2) is 0 Å². The molecule has 0 radical (unpaired) electrons. The molecule has 1 atom stereocenters. The Hall–Kier alpha value is -4.47. The Morgan fingerprint density at radius 1 is 1.08 bits per heavy atom. The van der Waals surface area contributed by atoms with E-state index in [0.29, 0.717) is 22.7 Å². The third-order valence-electron chi connectivity index (χ3n) is 6.56. The third-order valence-corrected chi connectivity index (χ3v) is 6.56. The van der Waals surface area contributed by atoms with Crippen LogP contribution >= 0.6 is 0 Å². The molecule has 0 bridgehead atoms. The van der Waals surface area contributed by atoms with Gasteiger partial charge in [-0.15, -0.1) is 5.10 Å². The van der Waals surface area contributed by atoms with Crippen LogP contribution in [0.3, 0.4) is 0 Å². The van der Waals surface area contributed by atoms with Crippen molar-refractivity contribution in [2.75, 3.05) is 12.0 Å². The van der Waals surface area contributed by atoms with Gasteiger partial charge < -0.3 is 14.5 Å². The van der Waals surface area contributed by atoms with Gasteiger partial charge in [0.2, 0.25) is 5.91 Å². The highest BCUT2D eigenvalue weighted by molar-refractivity contribution is 6.08. The Labute approximate surface area is 214 Å². The van der Waals surface area contributed by atoms with Crippen LogP contribution in [0.4, 0.5) is 5.69 Å². The first-order valence-corrected chi connectivity index (χ1v) is 12.3. The topological polar surface area (TPSA) is 115 Å². The van der Waals surface area contributed by atoms with E-state index in [9.17, 15) is 9.59 Å². The summed E-state index contributed by atoms with van der Waals surface area (Å²) < 4.78 is 12.6. The number of amides is 2. The zero-order chi connectivity index (χ0) is 25.6. The van der Waals surface area contributed by atoms with E-state index in [2.05, 4.69) is 20.8 Å². The lowest BCUT2D eigenvalue weighted by atomic mass is 9.94. The highest BCUT2D eigenvalue weighted by Gasteiger charge is 2.36. The zero-order valence-electron chi connectivity index (χ0n) is 20.5. The summed E-state index contributed by atoms with van der Waals surface area (Å²) in [6.45, 7) is 0. The van der Waals surface area contributed by atoms with E-state index in [-0.39, 0.29) is 17.7 Å². The molecule has 4 aromatic rings. The second-order valence-corrected chi connectivity index (χ2v) is 8.92. The first-order valence-electron chi connectivity index (χ1n) is 12.3. The summed E-state index contributed by atoms with van der Waals surface area (Å²) in [5, 5.41) is 14.5. The van der Waals surface area contributed by atoms with Gasteiger partial charge in [-0.3, -0.25) is 14.5 Å². The van der Waals surface area contributed by atoms with Crippen LogP contribution in [0.1, 0.15) is 54.3 Å². The summed E-state index contributed by atoms with van der Waals surface area (Å²) in [5.41, 5.74) is 1.73. The molecule has 0 unspecified atom stereocenters. The molecule has 0 aliphatic heterocycles. The van der Waals surface area contributed by atoms with Crippen LogP contribution in [0.2, 0.25) is 0 Å². The predicted molar refractivity (Wildman–Crippen MR) is 135 cm³/mol. The summed E-state index contributed by atoms with van der Waals surface area (Å²) in [5.74, 6) is -0.145. The standard InChI is InChI=1S/C27H28N6O4/c1-36-24-17-21(14-15-22(24)32-18-28-30-31-32)33(27(35)23-13-8-16-37-23)25(19-9-4-2-5-10-19)26(34)29-20-11-6-3-7-12-20/h2,4-5,8-10,13-18,20,25H,3,6-7,11-12H2,1H3,(H,29,34)/t25-/m1/s1. The summed E-state index contributed by atoms with van der Waals surface area (Å²) in [4.78, 5) is 29.3. The van der Waals surface area contributed by atoms with E-state index in [1.807, 2.05) is 30.3 Å². The highest BCUT2D eigenvalue weighted by Crippen LogP contribution is 2.35. The van der Waals surface area contributed by atoms with Crippen molar-refractivity contribution in [3.63, 3.8) is 0 Å². The molecule has 2 aromatic heterocycles. The van der Waals surface area contributed by atoms with Crippen LogP contribution in [0.15, 0.2) is 77.7 Å². The number of aromatic nitrogens is 4. The lowest BCUT2D eigenvalue weighted by molar-refractivity contribution is -0.123. The van der Waals surface area contributed by atoms with Crippen LogP contribution in [0.5, 0.6) is 5.75 Å². The summed E-state index contributed by atoms with van der Waals surface area (Å²) >= 11 is 0. The van der Waals surface area contributed by atoms with Gasteiger partial charge in [0.25, 0.3) is 5.91 Å². The normalized spacial score (nSPS) is 14.6. The van der Waals surface area contributed by atoms with Gasteiger partial charge in [0.15, 0.2) is 5.76 Å². The smallest absolute Gasteiger partial charge is 0.294 e. The molecule has 1 N–H and O–H groups in total. The van der Waals surface area contributed by atoms with E-state index in [1.54, 1.807) is 30.3 Å². The number of hydrogen-bond acceptors (Lipinski definition) is 7. The molecular weight excluding hydrogens is 472 g/mol. The Balaban J connectivity index is 1.60. The number of anilines is 1. The van der Waals surface area contributed by atoms with Crippen molar-refractivity contribution in [3.8, 4) is 11.4 Å². The lowest BCUT2D eigenvalue weighted by Crippen LogP contribution is -2.47. The van der Waals surface area contributed by atoms with Gasteiger partial charge in [-0.2, -0.15) is 4.68 Å².